The van der Waals surface area contributed by atoms with Crippen molar-refractivity contribution in [3.63, 3.8) is 0 Å². The van der Waals surface area contributed by atoms with E-state index in [-0.39, 0.29) is 0 Å². The summed E-state index contributed by atoms with van der Waals surface area (Å²) >= 11 is 0. The van der Waals surface area contributed by atoms with Gasteiger partial charge in [-0.2, -0.15) is 0 Å². The molecule has 6 N–H and O–H groups in total. The average Bonchev–Trinajstić information content (AvgIpc) is 2.11. The predicted octanol–water partition coefficient (Wildman–Crippen LogP) is 2.66. The number of nitrogens with two attached hydrogens (primary N) is 3. The van der Waals surface area contributed by atoms with Crippen LogP contribution in [-0.2, 0) is 0 Å². The van der Waals surface area contributed by atoms with Crippen molar-refractivity contribution < 1.29 is 0 Å². The number of rotatable bonds is 6. The van der Waals surface area contributed by atoms with E-state index in [2.05, 4.69) is 13.8 Å². The minimum Gasteiger partial charge on any atom is -0.307 e. The summed E-state index contributed by atoms with van der Waals surface area (Å²) in [4.78, 5) is 0. The second-order valence-corrected chi connectivity index (χ2v) is 11.5. The van der Waals surface area contributed by atoms with Crippen LogP contribution in [0.5, 0.6) is 0 Å². The fraction of sp³-hybridized carbons (Fsp3) is 1.00. The molecule has 0 aliphatic heterocycles. The predicted molar refractivity (Wildman–Crippen MR) is 63.7 cm³/mol. The lowest BCUT2D eigenvalue weighted by Gasteiger charge is -2.24. The molecule has 0 heterocycles. The highest BCUT2D eigenvalue weighted by Crippen LogP contribution is 2.70. The van der Waals surface area contributed by atoms with Gasteiger partial charge in [0.1, 0.15) is 0 Å². The zero-order chi connectivity index (χ0) is 9.56. The van der Waals surface area contributed by atoms with E-state index in [1.807, 2.05) is 0 Å². The summed E-state index contributed by atoms with van der Waals surface area (Å²) in [5.74, 6) is 0. The average molecular weight is 227 g/mol. The molecule has 74 valence electrons. The molecule has 0 aromatic carbocycles. The maximum Gasteiger partial charge on any atom is 0.0367 e. The molecule has 0 saturated carbocycles. The van der Waals surface area contributed by atoms with E-state index >= 15 is 0 Å². The van der Waals surface area contributed by atoms with Crippen LogP contribution in [-0.4, -0.2) is 5.66 Å². The quantitative estimate of drug-likeness (QED) is 0.610. The first-order chi connectivity index (χ1) is 5.63. The Labute approximate surface area is 79.5 Å². The van der Waals surface area contributed by atoms with Gasteiger partial charge in [0.2, 0.25) is 0 Å². The number of hydrogen-bond acceptors (Lipinski definition) is 3. The Bertz CT molecular complexity index is 114. The van der Waals surface area contributed by atoms with Crippen LogP contribution in [0.1, 0.15) is 33.1 Å². The normalized spacial score (nSPS) is 19.8. The molecule has 0 aliphatic rings. The maximum absolute atomic E-state index is 6.01. The van der Waals surface area contributed by atoms with Crippen molar-refractivity contribution in [2.24, 2.45) is 16.5 Å². The monoisotopic (exact) mass is 227 g/mol. The van der Waals surface area contributed by atoms with E-state index < -0.39 is 15.2 Å². The molecule has 0 rings (SSSR count). The van der Waals surface area contributed by atoms with Crippen molar-refractivity contribution in [2.45, 2.75) is 38.8 Å². The minimum atomic E-state index is -0.547. The molecule has 0 fully saturated rings. The zero-order valence-electron chi connectivity index (χ0n) is 7.83. The summed E-state index contributed by atoms with van der Waals surface area (Å²) < 4.78 is 0. The first-order valence-corrected chi connectivity index (χ1v) is 9.69. The molecule has 0 aliphatic carbocycles. The van der Waals surface area contributed by atoms with E-state index in [9.17, 15) is 0 Å². The van der Waals surface area contributed by atoms with Gasteiger partial charge >= 0.3 is 0 Å². The van der Waals surface area contributed by atoms with Gasteiger partial charge in [-0.3, -0.25) is 0 Å². The van der Waals surface area contributed by atoms with Gasteiger partial charge in [0.15, 0.2) is 0 Å². The molecule has 3 nitrogen and oxygen atoms in total. The van der Waals surface area contributed by atoms with Crippen molar-refractivity contribution in [3.8, 4) is 0 Å². The van der Waals surface area contributed by atoms with Gasteiger partial charge in [0, 0.05) is 15.2 Å². The Morgan fingerprint density at radius 2 is 2.00 bits per heavy atom. The van der Waals surface area contributed by atoms with Crippen LogP contribution in [0.15, 0.2) is 0 Å². The van der Waals surface area contributed by atoms with Gasteiger partial charge in [0.05, 0.1) is 0 Å². The molecule has 0 spiro atoms. The topological polar surface area (TPSA) is 78.1 Å². The fourth-order valence-electron chi connectivity index (χ4n) is 0.911. The second kappa shape index (κ2) is 7.56. The second-order valence-electron chi connectivity index (χ2n) is 2.84. The van der Waals surface area contributed by atoms with Gasteiger partial charge in [-0.25, -0.2) is 0 Å². The molecule has 0 saturated heterocycles. The fourth-order valence-corrected chi connectivity index (χ4v) is 6.91. The molecular formula is C6H20N3P3. The maximum atomic E-state index is 6.01. The SMILES string of the molecule is CCCCC(C)P(N)P(N)PN. The van der Waals surface area contributed by atoms with Gasteiger partial charge in [-0.15, -0.1) is 0 Å². The van der Waals surface area contributed by atoms with E-state index in [0.717, 1.165) is 0 Å². The van der Waals surface area contributed by atoms with Crippen LogP contribution in [0.4, 0.5) is 0 Å². The highest BCUT2D eigenvalue weighted by atomic mass is 32.5. The van der Waals surface area contributed by atoms with E-state index in [1.165, 1.54) is 19.3 Å². The number of unbranched alkanes of at least 4 members (excludes halogenated alkanes) is 1. The lowest BCUT2D eigenvalue weighted by Crippen LogP contribution is -2.06. The Morgan fingerprint density at radius 1 is 1.42 bits per heavy atom. The number of hydrogen-bond donors (Lipinski definition) is 3. The van der Waals surface area contributed by atoms with Crippen LogP contribution in [0.25, 0.3) is 0 Å². The highest BCUT2D eigenvalue weighted by molar-refractivity contribution is 8.54. The molecule has 4 atom stereocenters. The first kappa shape index (κ1) is 13.2. The summed E-state index contributed by atoms with van der Waals surface area (Å²) in [5, 5.41) is 0. The molecule has 4 unspecified atom stereocenters. The van der Waals surface area contributed by atoms with Crippen molar-refractivity contribution >= 4 is 23.6 Å². The summed E-state index contributed by atoms with van der Waals surface area (Å²) in [5.41, 5.74) is 17.9. The molecule has 6 heteroatoms. The van der Waals surface area contributed by atoms with Crippen molar-refractivity contribution in [1.82, 2.24) is 0 Å². The highest BCUT2D eigenvalue weighted by Gasteiger charge is 2.18. The van der Waals surface area contributed by atoms with Gasteiger partial charge in [-0.05, 0) is 20.5 Å². The Morgan fingerprint density at radius 3 is 2.42 bits per heavy atom. The van der Waals surface area contributed by atoms with Gasteiger partial charge < -0.3 is 16.5 Å². The van der Waals surface area contributed by atoms with Crippen molar-refractivity contribution in [1.29, 1.82) is 0 Å². The molecule has 0 bridgehead atoms. The third kappa shape index (κ3) is 5.02. The lowest BCUT2D eigenvalue weighted by atomic mass is 10.2. The van der Waals surface area contributed by atoms with Crippen LogP contribution in [0, 0.1) is 0 Å². The van der Waals surface area contributed by atoms with Crippen molar-refractivity contribution in [3.05, 3.63) is 0 Å². The van der Waals surface area contributed by atoms with Gasteiger partial charge in [-0.1, -0.05) is 26.7 Å². The summed E-state index contributed by atoms with van der Waals surface area (Å²) in [7, 11) is -0.676. The molecule has 0 aromatic rings. The third-order valence-electron chi connectivity index (χ3n) is 1.81. The summed E-state index contributed by atoms with van der Waals surface area (Å²) in [6.07, 6.45) is 3.70. The first-order valence-electron chi connectivity index (χ1n) is 4.18. The molecule has 0 amide bonds. The standard InChI is InChI=1S/C6H20N3P3/c1-3-4-5-6(2)11(8)12(9)10-7/h6,10H,3-5,7-9H2,1-2H3. The molecule has 12 heavy (non-hydrogen) atoms. The molecule has 0 radical (unpaired) electrons. The lowest BCUT2D eigenvalue weighted by molar-refractivity contribution is 0.709. The Balaban J connectivity index is 3.67. The van der Waals surface area contributed by atoms with E-state index in [0.29, 0.717) is 14.1 Å². The van der Waals surface area contributed by atoms with Crippen LogP contribution in [0.2, 0.25) is 0 Å². The van der Waals surface area contributed by atoms with Crippen molar-refractivity contribution in [2.75, 3.05) is 0 Å². The van der Waals surface area contributed by atoms with Gasteiger partial charge in [0.25, 0.3) is 0 Å². The van der Waals surface area contributed by atoms with Crippen LogP contribution < -0.4 is 16.5 Å². The summed E-state index contributed by atoms with van der Waals surface area (Å²) in [6, 6.07) is 0. The summed E-state index contributed by atoms with van der Waals surface area (Å²) in [6.45, 7) is 4.39. The molecular weight excluding hydrogens is 207 g/mol. The van der Waals surface area contributed by atoms with E-state index in [1.54, 1.807) is 0 Å². The van der Waals surface area contributed by atoms with Crippen LogP contribution >= 0.6 is 23.6 Å². The third-order valence-corrected chi connectivity index (χ3v) is 10.3. The smallest absolute Gasteiger partial charge is 0.0367 e. The largest absolute Gasteiger partial charge is 0.307 e. The van der Waals surface area contributed by atoms with Crippen LogP contribution in [0.3, 0.4) is 0 Å². The molecule has 0 aromatic heterocycles. The Hall–Kier alpha value is 1.17. The Kier molecular flexibility index (Phi) is 8.30. The zero-order valence-corrected chi connectivity index (χ0v) is 10.6. The van der Waals surface area contributed by atoms with E-state index in [4.69, 9.17) is 16.5 Å². The minimum absolute atomic E-state index is 0.356.